The summed E-state index contributed by atoms with van der Waals surface area (Å²) in [5.41, 5.74) is -4.58. The maximum Gasteiger partial charge on any atom is 0.427 e. The van der Waals surface area contributed by atoms with E-state index >= 15 is 0 Å². The fourth-order valence-electron chi connectivity index (χ4n) is 7.56. The van der Waals surface area contributed by atoms with Crippen molar-refractivity contribution in [2.45, 2.75) is 113 Å². The first-order valence-corrected chi connectivity index (χ1v) is 20.4. The van der Waals surface area contributed by atoms with E-state index in [-0.39, 0.29) is 42.3 Å². The highest BCUT2D eigenvalue weighted by Crippen LogP contribution is 2.46. The second kappa shape index (κ2) is 15.6. The molecule has 2 saturated carbocycles. The Kier molecular flexibility index (Phi) is 11.5. The fourth-order valence-corrected chi connectivity index (χ4v) is 8.92. The molecule has 3 heterocycles. The van der Waals surface area contributed by atoms with Crippen LogP contribution < -0.4 is 24.8 Å². The molecule has 2 aromatic rings. The summed E-state index contributed by atoms with van der Waals surface area (Å²) in [6.07, 6.45) is -0.334. The standard InChI is InChI=1S/C38H47F4N5O9S/c1-20-8-6-7-9-22-18-37(22,34(50)46-57(52,53)25-10-11-25)45-31(48)28-17-24(55-32-27-15-23(39)16-29(54-5)26(27)12-13-43-32)19-47(28)33(49)30(21(2)14-20)44-35(51)56-36(3,4)38(40,41)42/h7,9,12-13,15-16,20-22,24-25,28,30H,6,8,10-11,14,17-19H2,1-5H3,(H,44,51)(H,45,48)(H,46,50)/b9-7-/t20-,21+,22?,24+,28-,30-,37+/m0/s1. The molecule has 2 aliphatic heterocycles. The number of alkyl halides is 3. The predicted octanol–water partition coefficient (Wildman–Crippen LogP) is 4.66. The van der Waals surface area contributed by atoms with Crippen LogP contribution in [-0.2, 0) is 29.1 Å². The summed E-state index contributed by atoms with van der Waals surface area (Å²) in [6.45, 7) is 4.60. The number of amides is 4. The number of benzene rings is 1. The molecule has 14 nitrogen and oxygen atoms in total. The molecule has 1 aromatic heterocycles. The van der Waals surface area contributed by atoms with Crippen LogP contribution in [0.3, 0.4) is 0 Å². The second-order valence-electron chi connectivity index (χ2n) is 16.1. The number of carbonyl (C=O) groups excluding carboxylic acids is 4. The van der Waals surface area contributed by atoms with Crippen molar-refractivity contribution in [3.8, 4) is 11.6 Å². The monoisotopic (exact) mass is 825 g/mol. The summed E-state index contributed by atoms with van der Waals surface area (Å²) in [7, 11) is -2.64. The van der Waals surface area contributed by atoms with E-state index in [2.05, 4.69) is 20.3 Å². The van der Waals surface area contributed by atoms with Crippen molar-refractivity contribution in [3.05, 3.63) is 42.4 Å². The van der Waals surface area contributed by atoms with Crippen LogP contribution in [0.1, 0.15) is 72.6 Å². The van der Waals surface area contributed by atoms with E-state index in [0.29, 0.717) is 51.3 Å². The lowest BCUT2D eigenvalue weighted by Crippen LogP contribution is -2.59. The highest BCUT2D eigenvalue weighted by Gasteiger charge is 2.62. The van der Waals surface area contributed by atoms with E-state index in [1.807, 2.05) is 13.0 Å². The van der Waals surface area contributed by atoms with Crippen LogP contribution >= 0.6 is 0 Å². The van der Waals surface area contributed by atoms with E-state index in [9.17, 15) is 45.2 Å². The van der Waals surface area contributed by atoms with Crippen molar-refractivity contribution in [2.75, 3.05) is 13.7 Å². The molecule has 312 valence electrons. The number of hydrogen-bond acceptors (Lipinski definition) is 10. The zero-order valence-corrected chi connectivity index (χ0v) is 33.0. The molecule has 2 aliphatic carbocycles. The van der Waals surface area contributed by atoms with E-state index in [1.165, 1.54) is 25.4 Å². The van der Waals surface area contributed by atoms with E-state index < -0.39 is 92.2 Å². The van der Waals surface area contributed by atoms with Gasteiger partial charge in [0, 0.05) is 30.0 Å². The Morgan fingerprint density at radius 2 is 1.79 bits per heavy atom. The van der Waals surface area contributed by atoms with Crippen LogP contribution in [0.5, 0.6) is 11.6 Å². The van der Waals surface area contributed by atoms with Gasteiger partial charge < -0.3 is 29.7 Å². The third-order valence-corrected chi connectivity index (χ3v) is 13.0. The zero-order valence-electron chi connectivity index (χ0n) is 32.2. The maximum absolute atomic E-state index is 14.7. The SMILES string of the molecule is COc1cc(F)cc2c(O[C@@H]3C[C@H]4C(=O)N[C@]5(C(=O)NS(=O)(=O)C6CC6)CC5/C=C\CC[C@H](C)C[C@@H](C)[C@H](NC(=O)OC(C)(C)C(F)(F)F)C(=O)N4C3)nccc12. The molecule has 19 heteroatoms. The third-order valence-electron chi connectivity index (χ3n) is 11.2. The molecule has 3 fully saturated rings. The van der Waals surface area contributed by atoms with Crippen molar-refractivity contribution in [3.63, 3.8) is 0 Å². The van der Waals surface area contributed by atoms with E-state index in [4.69, 9.17) is 14.2 Å². The normalized spacial score (nSPS) is 29.2. The smallest absolute Gasteiger partial charge is 0.427 e. The van der Waals surface area contributed by atoms with Gasteiger partial charge in [0.05, 0.1) is 24.3 Å². The molecule has 1 unspecified atom stereocenters. The first-order valence-electron chi connectivity index (χ1n) is 18.9. The number of methoxy groups -OCH3 is 1. The fraction of sp³-hybridized carbons (Fsp3) is 0.605. The number of sulfonamides is 1. The minimum atomic E-state index is -4.93. The number of ether oxygens (including phenoxy) is 3. The molecular weight excluding hydrogens is 779 g/mol. The van der Waals surface area contributed by atoms with Crippen LogP contribution in [0.2, 0.25) is 0 Å². The number of aromatic nitrogens is 1. The van der Waals surface area contributed by atoms with Crippen molar-refractivity contribution in [2.24, 2.45) is 17.8 Å². The third kappa shape index (κ3) is 8.92. The molecule has 4 aliphatic rings. The Bertz CT molecular complexity index is 2060. The Hall–Kier alpha value is -4.68. The average molecular weight is 826 g/mol. The largest absolute Gasteiger partial charge is 0.496 e. The number of hydrogen-bond donors (Lipinski definition) is 3. The average Bonchev–Trinajstić information content (AvgIpc) is 4.04. The Balaban J connectivity index is 1.36. The number of halogens is 4. The number of nitrogens with zero attached hydrogens (tertiary/aromatic N) is 2. The van der Waals surface area contributed by atoms with Gasteiger partial charge in [0.2, 0.25) is 33.3 Å². The number of rotatable bonds is 8. The second-order valence-corrected chi connectivity index (χ2v) is 18.1. The van der Waals surface area contributed by atoms with Crippen molar-refractivity contribution in [1.29, 1.82) is 0 Å². The molecule has 3 N–H and O–H groups in total. The van der Waals surface area contributed by atoms with Gasteiger partial charge in [0.1, 0.15) is 35.3 Å². The highest BCUT2D eigenvalue weighted by atomic mass is 32.2. The summed E-state index contributed by atoms with van der Waals surface area (Å²) in [5, 5.41) is 5.04. The predicted molar refractivity (Wildman–Crippen MR) is 197 cm³/mol. The molecule has 6 rings (SSSR count). The number of alkyl carbamates (subject to hydrolysis) is 1. The number of carbonyl (C=O) groups is 4. The lowest BCUT2D eigenvalue weighted by Gasteiger charge is -2.34. The Morgan fingerprint density at radius 1 is 1.07 bits per heavy atom. The van der Waals surface area contributed by atoms with Gasteiger partial charge in [0.15, 0.2) is 0 Å². The minimum absolute atomic E-state index is 0.0470. The van der Waals surface area contributed by atoms with Crippen molar-refractivity contribution < 1.29 is 59.4 Å². The first kappa shape index (κ1) is 41.9. The van der Waals surface area contributed by atoms with Crippen molar-refractivity contribution in [1.82, 2.24) is 25.2 Å². The minimum Gasteiger partial charge on any atom is -0.496 e. The summed E-state index contributed by atoms with van der Waals surface area (Å²) in [6, 6.07) is 1.08. The van der Waals surface area contributed by atoms with Gasteiger partial charge >= 0.3 is 12.3 Å². The Labute approximate surface area is 327 Å². The van der Waals surface area contributed by atoms with Gasteiger partial charge in [-0.25, -0.2) is 22.6 Å². The quantitative estimate of drug-likeness (QED) is 0.250. The van der Waals surface area contributed by atoms with Gasteiger partial charge in [-0.05, 0) is 76.3 Å². The molecule has 4 amide bonds. The summed E-state index contributed by atoms with van der Waals surface area (Å²) in [4.78, 5) is 61.3. The molecule has 0 bridgehead atoms. The number of pyridine rings is 1. The van der Waals surface area contributed by atoms with Crippen LogP contribution in [0.15, 0.2) is 36.5 Å². The molecular formula is C38H47F4N5O9S. The van der Waals surface area contributed by atoms with Crippen LogP contribution in [0, 0.1) is 23.6 Å². The lowest BCUT2D eigenvalue weighted by molar-refractivity contribution is -0.244. The summed E-state index contributed by atoms with van der Waals surface area (Å²) < 4.78 is 99.9. The molecule has 1 saturated heterocycles. The van der Waals surface area contributed by atoms with Crippen LogP contribution in [0.4, 0.5) is 22.4 Å². The van der Waals surface area contributed by atoms with E-state index in [0.717, 1.165) is 4.90 Å². The molecule has 7 atom stereocenters. The van der Waals surface area contributed by atoms with Crippen LogP contribution in [0.25, 0.3) is 10.8 Å². The summed E-state index contributed by atoms with van der Waals surface area (Å²) >= 11 is 0. The van der Waals surface area contributed by atoms with Gasteiger partial charge in [-0.3, -0.25) is 19.1 Å². The molecule has 0 spiro atoms. The molecule has 57 heavy (non-hydrogen) atoms. The Morgan fingerprint density at radius 3 is 2.46 bits per heavy atom. The number of fused-ring (bicyclic) bond motifs is 3. The van der Waals surface area contributed by atoms with E-state index in [1.54, 1.807) is 19.1 Å². The highest BCUT2D eigenvalue weighted by molar-refractivity contribution is 7.91. The first-order chi connectivity index (χ1) is 26.7. The zero-order chi connectivity index (χ0) is 41.7. The maximum atomic E-state index is 14.7. The molecule has 0 radical (unpaired) electrons. The lowest BCUT2D eigenvalue weighted by atomic mass is 9.88. The van der Waals surface area contributed by atoms with Gasteiger partial charge in [-0.2, -0.15) is 13.2 Å². The summed E-state index contributed by atoms with van der Waals surface area (Å²) in [5.74, 6) is -4.40. The van der Waals surface area contributed by atoms with Crippen molar-refractivity contribution >= 4 is 44.6 Å². The number of allylic oxidation sites excluding steroid dienone is 1. The topological polar surface area (TPSA) is 182 Å². The van der Waals surface area contributed by atoms with Gasteiger partial charge in [0.25, 0.3) is 5.91 Å². The van der Waals surface area contributed by atoms with Crippen LogP contribution in [-0.4, -0.2) is 96.5 Å². The molecule has 1 aromatic carbocycles. The number of nitrogens with one attached hydrogen (secondary N) is 3. The van der Waals surface area contributed by atoms with Gasteiger partial charge in [-0.1, -0.05) is 26.0 Å². The van der Waals surface area contributed by atoms with Gasteiger partial charge in [-0.15, -0.1) is 0 Å².